The number of para-hydroxylation sites is 4. The third-order valence-electron chi connectivity index (χ3n) is 11.2. The molecule has 2 nitrogen and oxygen atoms in total. The zero-order valence-corrected chi connectivity index (χ0v) is 31.5. The summed E-state index contributed by atoms with van der Waals surface area (Å²) < 4.78 is 0. The van der Waals surface area contributed by atoms with E-state index < -0.39 is 0 Å². The van der Waals surface area contributed by atoms with Crippen LogP contribution in [-0.4, -0.2) is 0 Å². The van der Waals surface area contributed by atoms with Gasteiger partial charge >= 0.3 is 0 Å². The van der Waals surface area contributed by atoms with Gasteiger partial charge in [-0.05, 0) is 106 Å². The van der Waals surface area contributed by atoms with E-state index in [0.29, 0.717) is 0 Å². The summed E-state index contributed by atoms with van der Waals surface area (Å²) in [5.41, 5.74) is 14.1. The molecule has 0 aliphatic carbocycles. The minimum atomic E-state index is 1.12. The van der Waals surface area contributed by atoms with Gasteiger partial charge in [0.05, 0.1) is 22.7 Å². The highest BCUT2D eigenvalue weighted by Gasteiger charge is 2.25. The minimum absolute atomic E-state index is 1.12. The van der Waals surface area contributed by atoms with Crippen LogP contribution in [0.5, 0.6) is 0 Å². The van der Waals surface area contributed by atoms with Gasteiger partial charge in [0, 0.05) is 33.3 Å². The number of rotatable bonds is 8. The Morgan fingerprint density at radius 1 is 0.286 bits per heavy atom. The standard InChI is InChI=1S/C54H40N2/c1-37-35-51(55(41-23-11-5-12-24-41)49-29-17-15-27-45(49)39-19-7-3-8-20-39)47-34-32-44-38(2)36-52(48-33-31-43(37)53(47)54(44)48)56(42-25-13-6-14-26-42)50-30-18-16-28-46(50)40-21-9-4-10-22-40/h3-36H,1-2H3. The lowest BCUT2D eigenvalue weighted by atomic mass is 9.88. The average molecular weight is 717 g/mol. The maximum Gasteiger partial charge on any atom is 0.0543 e. The SMILES string of the molecule is Cc1cc(N(c2ccccc2)c2ccccc2-c2ccccc2)c2ccc3c(C)cc(N(c4ccccc4)c4ccccc4-c4ccccc4)c4ccc1c2c34. The molecule has 0 radical (unpaired) electrons. The van der Waals surface area contributed by atoms with Gasteiger partial charge in [-0.25, -0.2) is 0 Å². The molecule has 0 aliphatic heterocycles. The van der Waals surface area contributed by atoms with Crippen LogP contribution in [0, 0.1) is 13.8 Å². The number of hydrogen-bond donors (Lipinski definition) is 0. The van der Waals surface area contributed by atoms with Crippen molar-refractivity contribution >= 4 is 66.4 Å². The van der Waals surface area contributed by atoms with Gasteiger partial charge in [-0.3, -0.25) is 0 Å². The van der Waals surface area contributed by atoms with E-state index in [4.69, 9.17) is 0 Å². The number of aryl methyl sites for hydroxylation is 2. The van der Waals surface area contributed by atoms with Crippen molar-refractivity contribution < 1.29 is 0 Å². The van der Waals surface area contributed by atoms with Gasteiger partial charge in [-0.1, -0.05) is 158 Å². The zero-order valence-electron chi connectivity index (χ0n) is 31.5. The van der Waals surface area contributed by atoms with Crippen LogP contribution in [0.4, 0.5) is 34.1 Å². The highest BCUT2D eigenvalue weighted by molar-refractivity contribution is 6.29. The average Bonchev–Trinajstić information content (AvgIpc) is 3.26. The number of nitrogens with zero attached hydrogens (tertiary/aromatic N) is 2. The second-order valence-electron chi connectivity index (χ2n) is 14.6. The molecule has 0 saturated carbocycles. The number of benzene rings is 10. The van der Waals surface area contributed by atoms with Crippen LogP contribution in [-0.2, 0) is 0 Å². The maximum absolute atomic E-state index is 2.46. The normalized spacial score (nSPS) is 11.4. The van der Waals surface area contributed by atoms with Crippen molar-refractivity contribution in [3.63, 3.8) is 0 Å². The summed E-state index contributed by atoms with van der Waals surface area (Å²) in [5, 5.41) is 7.59. The molecular formula is C54H40N2. The molecule has 0 bridgehead atoms. The quantitative estimate of drug-likeness (QED) is 0.144. The van der Waals surface area contributed by atoms with Crippen molar-refractivity contribution in [3.05, 3.63) is 217 Å². The molecule has 0 heterocycles. The summed E-state index contributed by atoms with van der Waals surface area (Å²) in [4.78, 5) is 4.92. The topological polar surface area (TPSA) is 6.48 Å². The first-order valence-corrected chi connectivity index (χ1v) is 19.4. The summed E-state index contributed by atoms with van der Waals surface area (Å²) in [6, 6.07) is 74.9. The van der Waals surface area contributed by atoms with Crippen LogP contribution in [0.25, 0.3) is 54.6 Å². The Labute approximate surface area is 328 Å². The lowest BCUT2D eigenvalue weighted by Crippen LogP contribution is -2.13. The second kappa shape index (κ2) is 13.9. The summed E-state index contributed by atoms with van der Waals surface area (Å²) in [6.07, 6.45) is 0. The van der Waals surface area contributed by atoms with E-state index in [9.17, 15) is 0 Å². The van der Waals surface area contributed by atoms with Crippen LogP contribution < -0.4 is 9.80 Å². The van der Waals surface area contributed by atoms with Gasteiger partial charge in [0.15, 0.2) is 0 Å². The summed E-state index contributed by atoms with van der Waals surface area (Å²) in [5.74, 6) is 0. The number of hydrogen-bond acceptors (Lipinski definition) is 2. The molecule has 0 atom stereocenters. The van der Waals surface area contributed by atoms with Crippen molar-refractivity contribution in [2.75, 3.05) is 9.80 Å². The molecule has 10 aromatic rings. The van der Waals surface area contributed by atoms with Crippen molar-refractivity contribution in [1.82, 2.24) is 0 Å². The van der Waals surface area contributed by atoms with Gasteiger partial charge < -0.3 is 9.80 Å². The fourth-order valence-electron chi connectivity index (χ4n) is 8.70. The van der Waals surface area contributed by atoms with Gasteiger partial charge in [-0.2, -0.15) is 0 Å². The first-order valence-electron chi connectivity index (χ1n) is 19.4. The van der Waals surface area contributed by atoms with Crippen LogP contribution in [0.3, 0.4) is 0 Å². The third kappa shape index (κ3) is 5.58. The predicted molar refractivity (Wildman–Crippen MR) is 240 cm³/mol. The molecule has 0 N–H and O–H groups in total. The Hall–Kier alpha value is -7.16. The largest absolute Gasteiger partial charge is 0.309 e. The molecule has 0 unspecified atom stereocenters. The molecule has 0 aromatic heterocycles. The molecule has 2 heteroatoms. The molecule has 10 rings (SSSR count). The Bertz CT molecular complexity index is 2770. The van der Waals surface area contributed by atoms with Crippen LogP contribution in [0.2, 0.25) is 0 Å². The van der Waals surface area contributed by atoms with E-state index in [0.717, 1.165) is 34.1 Å². The first-order chi connectivity index (χ1) is 27.7. The summed E-state index contributed by atoms with van der Waals surface area (Å²) >= 11 is 0. The Kier molecular flexibility index (Phi) is 8.30. The summed E-state index contributed by atoms with van der Waals surface area (Å²) in [7, 11) is 0. The predicted octanol–water partition coefficient (Wildman–Crippen LogP) is 15.5. The lowest BCUT2D eigenvalue weighted by molar-refractivity contribution is 1.29. The van der Waals surface area contributed by atoms with Gasteiger partial charge in [0.1, 0.15) is 0 Å². The molecule has 0 saturated heterocycles. The van der Waals surface area contributed by atoms with E-state index in [-0.39, 0.29) is 0 Å². The lowest BCUT2D eigenvalue weighted by Gasteiger charge is -2.32. The molecule has 10 aromatic carbocycles. The van der Waals surface area contributed by atoms with Gasteiger partial charge in [0.2, 0.25) is 0 Å². The van der Waals surface area contributed by atoms with E-state index >= 15 is 0 Å². The van der Waals surface area contributed by atoms with E-state index in [1.165, 1.54) is 65.7 Å². The third-order valence-corrected chi connectivity index (χ3v) is 11.2. The second-order valence-corrected chi connectivity index (χ2v) is 14.6. The molecule has 56 heavy (non-hydrogen) atoms. The van der Waals surface area contributed by atoms with Crippen molar-refractivity contribution in [2.45, 2.75) is 13.8 Å². The maximum atomic E-state index is 2.46. The highest BCUT2D eigenvalue weighted by Crippen LogP contribution is 2.51. The van der Waals surface area contributed by atoms with Crippen LogP contribution in [0.1, 0.15) is 11.1 Å². The Morgan fingerprint density at radius 2 is 0.607 bits per heavy atom. The summed E-state index contributed by atoms with van der Waals surface area (Å²) in [6.45, 7) is 4.53. The van der Waals surface area contributed by atoms with Crippen LogP contribution in [0.15, 0.2) is 206 Å². The Morgan fingerprint density at radius 3 is 1.00 bits per heavy atom. The van der Waals surface area contributed by atoms with Gasteiger partial charge in [-0.15, -0.1) is 0 Å². The van der Waals surface area contributed by atoms with E-state index in [2.05, 4.69) is 230 Å². The number of anilines is 6. The highest BCUT2D eigenvalue weighted by atomic mass is 15.2. The molecule has 266 valence electrons. The Balaban J connectivity index is 1.28. The van der Waals surface area contributed by atoms with Gasteiger partial charge in [0.25, 0.3) is 0 Å². The van der Waals surface area contributed by atoms with Crippen LogP contribution >= 0.6 is 0 Å². The molecular weight excluding hydrogens is 677 g/mol. The monoisotopic (exact) mass is 716 g/mol. The molecule has 0 spiro atoms. The fraction of sp³-hybridized carbons (Fsp3) is 0.0370. The van der Waals surface area contributed by atoms with E-state index in [1.54, 1.807) is 0 Å². The fourth-order valence-corrected chi connectivity index (χ4v) is 8.70. The molecule has 0 fully saturated rings. The van der Waals surface area contributed by atoms with Crippen molar-refractivity contribution in [1.29, 1.82) is 0 Å². The minimum Gasteiger partial charge on any atom is -0.309 e. The first kappa shape index (κ1) is 33.4. The smallest absolute Gasteiger partial charge is 0.0543 e. The van der Waals surface area contributed by atoms with Crippen molar-refractivity contribution in [2.24, 2.45) is 0 Å². The zero-order chi connectivity index (χ0) is 37.6. The van der Waals surface area contributed by atoms with E-state index in [1.807, 2.05) is 0 Å². The van der Waals surface area contributed by atoms with Crippen molar-refractivity contribution in [3.8, 4) is 22.3 Å². The molecule has 0 amide bonds. The molecule has 0 aliphatic rings.